The first kappa shape index (κ1) is 11.4. The number of nitrogens with one attached hydrogen (secondary N) is 1. The van der Waals surface area contributed by atoms with Crippen molar-refractivity contribution in [1.82, 2.24) is 5.32 Å². The van der Waals surface area contributed by atoms with Gasteiger partial charge in [-0.1, -0.05) is 6.07 Å². The van der Waals surface area contributed by atoms with Gasteiger partial charge >= 0.3 is 0 Å². The molecule has 88 valence electrons. The van der Waals surface area contributed by atoms with Gasteiger partial charge in [0.05, 0.1) is 0 Å². The molecule has 1 unspecified atom stereocenters. The van der Waals surface area contributed by atoms with Crippen LogP contribution in [0.4, 0.5) is 10.1 Å². The molecule has 1 atom stereocenters. The van der Waals surface area contributed by atoms with Crippen molar-refractivity contribution in [3.8, 4) is 0 Å². The predicted octanol–water partition coefficient (Wildman–Crippen LogP) is 2.26. The Hall–Kier alpha value is -1.09. The summed E-state index contributed by atoms with van der Waals surface area (Å²) in [5.74, 6) is 0.521. The van der Waals surface area contributed by atoms with E-state index in [1.54, 1.807) is 12.1 Å². The Morgan fingerprint density at radius 1 is 1.50 bits per heavy atom. The lowest BCUT2D eigenvalue weighted by Gasteiger charge is -2.28. The molecule has 0 bridgehead atoms. The van der Waals surface area contributed by atoms with Gasteiger partial charge < -0.3 is 10.2 Å². The van der Waals surface area contributed by atoms with Crippen LogP contribution in [-0.2, 0) is 0 Å². The van der Waals surface area contributed by atoms with Gasteiger partial charge in [-0.15, -0.1) is 0 Å². The summed E-state index contributed by atoms with van der Waals surface area (Å²) in [5, 5.41) is 3.40. The van der Waals surface area contributed by atoms with Gasteiger partial charge in [-0.25, -0.2) is 4.39 Å². The number of halogens is 1. The van der Waals surface area contributed by atoms with Crippen molar-refractivity contribution in [1.29, 1.82) is 0 Å². The number of hydrogen-bond acceptors (Lipinski definition) is 2. The maximum Gasteiger partial charge on any atom is 0.125 e. The minimum absolute atomic E-state index is 0.161. The van der Waals surface area contributed by atoms with E-state index in [1.807, 2.05) is 13.1 Å². The molecule has 0 amide bonds. The molecule has 1 heterocycles. The van der Waals surface area contributed by atoms with E-state index in [0.717, 1.165) is 25.3 Å². The third-order valence-corrected chi connectivity index (χ3v) is 3.18. The molecule has 1 saturated heterocycles. The third kappa shape index (κ3) is 2.95. The first-order valence-electron chi connectivity index (χ1n) is 5.93. The number of rotatable bonds is 3. The van der Waals surface area contributed by atoms with E-state index in [2.05, 4.69) is 10.2 Å². The molecule has 0 aromatic heterocycles. The van der Waals surface area contributed by atoms with E-state index in [-0.39, 0.29) is 5.82 Å². The average Bonchev–Trinajstić information content (AvgIpc) is 2.30. The fourth-order valence-corrected chi connectivity index (χ4v) is 2.29. The molecule has 1 aliphatic rings. The van der Waals surface area contributed by atoms with Gasteiger partial charge in [0.1, 0.15) is 5.82 Å². The minimum Gasteiger partial charge on any atom is -0.374 e. The van der Waals surface area contributed by atoms with Crippen molar-refractivity contribution in [2.75, 3.05) is 31.6 Å². The van der Waals surface area contributed by atoms with Crippen LogP contribution in [0.1, 0.15) is 12.8 Å². The van der Waals surface area contributed by atoms with Gasteiger partial charge in [-0.3, -0.25) is 0 Å². The summed E-state index contributed by atoms with van der Waals surface area (Å²) in [6, 6.07) is 6.80. The van der Waals surface area contributed by atoms with Crippen LogP contribution in [0.25, 0.3) is 0 Å². The van der Waals surface area contributed by atoms with Gasteiger partial charge in [0.25, 0.3) is 0 Å². The second-order valence-electron chi connectivity index (χ2n) is 4.57. The van der Waals surface area contributed by atoms with Crippen molar-refractivity contribution in [2.45, 2.75) is 12.8 Å². The molecule has 0 aliphatic carbocycles. The van der Waals surface area contributed by atoms with Crippen molar-refractivity contribution in [2.24, 2.45) is 5.92 Å². The molecule has 0 saturated carbocycles. The average molecular weight is 222 g/mol. The summed E-state index contributed by atoms with van der Waals surface area (Å²) in [6.45, 7) is 3.22. The maximum atomic E-state index is 13.1. The number of piperidine rings is 1. The molecule has 2 rings (SSSR count). The molecule has 2 nitrogen and oxygen atoms in total. The third-order valence-electron chi connectivity index (χ3n) is 3.18. The van der Waals surface area contributed by atoms with Crippen LogP contribution in [0.5, 0.6) is 0 Å². The maximum absolute atomic E-state index is 13.1. The zero-order chi connectivity index (χ0) is 11.4. The Morgan fingerprint density at radius 2 is 2.38 bits per heavy atom. The fraction of sp³-hybridized carbons (Fsp3) is 0.538. The molecule has 1 fully saturated rings. The molecule has 3 heteroatoms. The predicted molar refractivity (Wildman–Crippen MR) is 65.3 cm³/mol. The highest BCUT2D eigenvalue weighted by Crippen LogP contribution is 2.18. The Bertz CT molecular complexity index is 334. The van der Waals surface area contributed by atoms with Crippen LogP contribution in [0.3, 0.4) is 0 Å². The molecule has 1 aromatic carbocycles. The van der Waals surface area contributed by atoms with E-state index in [0.29, 0.717) is 5.92 Å². The first-order chi connectivity index (χ1) is 7.75. The zero-order valence-corrected chi connectivity index (χ0v) is 9.75. The van der Waals surface area contributed by atoms with Crippen LogP contribution in [0, 0.1) is 11.7 Å². The van der Waals surface area contributed by atoms with E-state index in [1.165, 1.54) is 18.9 Å². The molecule has 1 aromatic rings. The summed E-state index contributed by atoms with van der Waals surface area (Å²) >= 11 is 0. The molecular weight excluding hydrogens is 203 g/mol. The molecule has 1 aliphatic heterocycles. The summed E-state index contributed by atoms with van der Waals surface area (Å²) in [6.07, 6.45) is 2.52. The Labute approximate surface area is 96.5 Å². The van der Waals surface area contributed by atoms with Crippen molar-refractivity contribution in [3.05, 3.63) is 30.1 Å². The van der Waals surface area contributed by atoms with Gasteiger partial charge in [0, 0.05) is 19.3 Å². The molecule has 1 N–H and O–H groups in total. The summed E-state index contributed by atoms with van der Waals surface area (Å²) in [5.41, 5.74) is 0.963. The minimum atomic E-state index is -0.161. The smallest absolute Gasteiger partial charge is 0.125 e. The van der Waals surface area contributed by atoms with Gasteiger partial charge in [0.15, 0.2) is 0 Å². The first-order valence-corrected chi connectivity index (χ1v) is 5.93. The zero-order valence-electron chi connectivity index (χ0n) is 9.75. The van der Waals surface area contributed by atoms with Crippen molar-refractivity contribution >= 4 is 5.69 Å². The van der Waals surface area contributed by atoms with Gasteiger partial charge in [0.2, 0.25) is 0 Å². The Balaban J connectivity index is 1.94. The van der Waals surface area contributed by atoms with E-state index in [9.17, 15) is 4.39 Å². The van der Waals surface area contributed by atoms with Crippen LogP contribution < -0.4 is 10.2 Å². The highest BCUT2D eigenvalue weighted by atomic mass is 19.1. The van der Waals surface area contributed by atoms with E-state index < -0.39 is 0 Å². The number of nitrogens with zero attached hydrogens (tertiary/aromatic N) is 1. The highest BCUT2D eigenvalue weighted by molar-refractivity contribution is 5.45. The summed E-state index contributed by atoms with van der Waals surface area (Å²) in [4.78, 5) is 2.14. The number of anilines is 1. The van der Waals surface area contributed by atoms with Crippen LogP contribution in [0.15, 0.2) is 24.3 Å². The molecule has 0 spiro atoms. The molecular formula is C13H19FN2. The standard InChI is InChI=1S/C13H19FN2/c1-16(10-11-4-3-7-15-9-11)13-6-2-5-12(14)8-13/h2,5-6,8,11,15H,3-4,7,9-10H2,1H3. The monoisotopic (exact) mass is 222 g/mol. The second kappa shape index (κ2) is 5.30. The summed E-state index contributed by atoms with van der Waals surface area (Å²) < 4.78 is 13.1. The normalized spacial score (nSPS) is 20.8. The van der Waals surface area contributed by atoms with Crippen LogP contribution >= 0.6 is 0 Å². The van der Waals surface area contributed by atoms with Gasteiger partial charge in [-0.05, 0) is 50.0 Å². The number of hydrogen-bond donors (Lipinski definition) is 1. The van der Waals surface area contributed by atoms with E-state index in [4.69, 9.17) is 0 Å². The largest absolute Gasteiger partial charge is 0.374 e. The summed E-state index contributed by atoms with van der Waals surface area (Å²) in [7, 11) is 2.03. The van der Waals surface area contributed by atoms with Crippen molar-refractivity contribution in [3.63, 3.8) is 0 Å². The van der Waals surface area contributed by atoms with Crippen LogP contribution in [0.2, 0.25) is 0 Å². The quantitative estimate of drug-likeness (QED) is 0.844. The fourth-order valence-electron chi connectivity index (χ4n) is 2.29. The Morgan fingerprint density at radius 3 is 3.06 bits per heavy atom. The van der Waals surface area contributed by atoms with Crippen molar-refractivity contribution < 1.29 is 4.39 Å². The van der Waals surface area contributed by atoms with Crippen LogP contribution in [-0.4, -0.2) is 26.7 Å². The topological polar surface area (TPSA) is 15.3 Å². The van der Waals surface area contributed by atoms with Gasteiger partial charge in [-0.2, -0.15) is 0 Å². The lowest BCUT2D eigenvalue weighted by atomic mass is 9.99. The number of benzene rings is 1. The Kier molecular flexibility index (Phi) is 3.78. The lowest BCUT2D eigenvalue weighted by Crippen LogP contribution is -2.36. The lowest BCUT2D eigenvalue weighted by molar-refractivity contribution is 0.381. The van der Waals surface area contributed by atoms with E-state index >= 15 is 0 Å². The highest BCUT2D eigenvalue weighted by Gasteiger charge is 2.15. The molecule has 0 radical (unpaired) electrons. The second-order valence-corrected chi connectivity index (χ2v) is 4.57. The SMILES string of the molecule is CN(CC1CCCNC1)c1cccc(F)c1. The molecule has 16 heavy (non-hydrogen) atoms.